The van der Waals surface area contributed by atoms with Crippen molar-refractivity contribution in [3.63, 3.8) is 0 Å². The minimum absolute atomic E-state index is 0.165. The van der Waals surface area contributed by atoms with Crippen molar-refractivity contribution >= 4 is 0 Å². The molecule has 0 saturated carbocycles. The molecule has 2 atom stereocenters. The molecule has 2 heteroatoms. The molecule has 82 valence electrons. The van der Waals surface area contributed by atoms with Crippen LogP contribution in [0.2, 0.25) is 0 Å². The largest absolute Gasteiger partial charge is 0.388 e. The van der Waals surface area contributed by atoms with Gasteiger partial charge in [0, 0.05) is 0 Å². The monoisotopic (exact) mass is 208 g/mol. The van der Waals surface area contributed by atoms with E-state index in [1.54, 1.807) is 13.8 Å². The molecule has 0 amide bonds. The average molecular weight is 208 g/mol. The molecule has 15 heavy (non-hydrogen) atoms. The number of aliphatic hydroxyl groups excluding tert-OH is 1. The topological polar surface area (TPSA) is 20.2 Å². The summed E-state index contributed by atoms with van der Waals surface area (Å²) < 4.78 is 13.7. The Morgan fingerprint density at radius 3 is 2.67 bits per heavy atom. The Balaban J connectivity index is 2.68. The van der Waals surface area contributed by atoms with Gasteiger partial charge in [0.2, 0.25) is 0 Å². The van der Waals surface area contributed by atoms with Gasteiger partial charge in [-0.2, -0.15) is 0 Å². The lowest BCUT2D eigenvalue weighted by Crippen LogP contribution is -2.15. The van der Waals surface area contributed by atoms with Gasteiger partial charge in [0.15, 0.2) is 0 Å². The number of rotatable bonds is 0. The van der Waals surface area contributed by atoms with E-state index in [4.69, 9.17) is 0 Å². The summed E-state index contributed by atoms with van der Waals surface area (Å²) in [5, 5.41) is 9.91. The molecule has 1 aliphatic rings. The molecule has 1 nitrogen and oxygen atoms in total. The highest BCUT2D eigenvalue weighted by molar-refractivity contribution is 5.44. The van der Waals surface area contributed by atoms with E-state index >= 15 is 0 Å². The standard InChI is InChI=1S/C13H17FO/c1-7-4-5-11(15)12-9(3)13(14)8(2)6-10(7)12/h6-7,11,15H,4-5H2,1-3H3/t7?,11-/m1/s1. The summed E-state index contributed by atoms with van der Waals surface area (Å²) in [5.74, 6) is 0.267. The van der Waals surface area contributed by atoms with Crippen LogP contribution in [0.25, 0.3) is 0 Å². The lowest BCUT2D eigenvalue weighted by atomic mass is 9.79. The van der Waals surface area contributed by atoms with Crippen molar-refractivity contribution < 1.29 is 9.50 Å². The average Bonchev–Trinajstić information content (AvgIpc) is 2.20. The van der Waals surface area contributed by atoms with Crippen LogP contribution in [0.4, 0.5) is 4.39 Å². The van der Waals surface area contributed by atoms with Gasteiger partial charge in [-0.3, -0.25) is 0 Å². The number of fused-ring (bicyclic) bond motifs is 1. The smallest absolute Gasteiger partial charge is 0.129 e. The Bertz CT molecular complexity index is 398. The highest BCUT2D eigenvalue weighted by Gasteiger charge is 2.26. The molecule has 1 aliphatic carbocycles. The lowest BCUT2D eigenvalue weighted by Gasteiger charge is -2.29. The van der Waals surface area contributed by atoms with Gasteiger partial charge < -0.3 is 5.11 Å². The second kappa shape index (κ2) is 3.60. The van der Waals surface area contributed by atoms with Gasteiger partial charge in [-0.05, 0) is 54.9 Å². The number of hydrogen-bond donors (Lipinski definition) is 1. The zero-order chi connectivity index (χ0) is 11.2. The Kier molecular flexibility index (Phi) is 2.55. The molecule has 0 aromatic heterocycles. The first-order valence-electron chi connectivity index (χ1n) is 5.50. The van der Waals surface area contributed by atoms with Gasteiger partial charge >= 0.3 is 0 Å². The van der Waals surface area contributed by atoms with Crippen LogP contribution in [0.3, 0.4) is 0 Å². The third-order valence-corrected chi connectivity index (χ3v) is 3.50. The maximum absolute atomic E-state index is 13.7. The van der Waals surface area contributed by atoms with Crippen LogP contribution in [-0.4, -0.2) is 5.11 Å². The molecule has 1 aromatic carbocycles. The number of halogens is 1. The molecule has 0 heterocycles. The first-order valence-corrected chi connectivity index (χ1v) is 5.50. The van der Waals surface area contributed by atoms with Gasteiger partial charge in [0.1, 0.15) is 5.82 Å². The number of aliphatic hydroxyl groups is 1. The fraction of sp³-hybridized carbons (Fsp3) is 0.538. The SMILES string of the molecule is Cc1cc2c(c(C)c1F)[C@H](O)CCC2C. The van der Waals surface area contributed by atoms with E-state index in [1.807, 2.05) is 6.07 Å². The normalized spacial score (nSPS) is 25.1. The predicted molar refractivity (Wildman–Crippen MR) is 58.5 cm³/mol. The molecular weight excluding hydrogens is 191 g/mol. The second-order valence-corrected chi connectivity index (χ2v) is 4.63. The molecule has 0 bridgehead atoms. The summed E-state index contributed by atoms with van der Waals surface area (Å²) in [4.78, 5) is 0. The van der Waals surface area contributed by atoms with Crippen LogP contribution in [0, 0.1) is 19.7 Å². The zero-order valence-electron chi connectivity index (χ0n) is 9.47. The summed E-state index contributed by atoms with van der Waals surface area (Å²) in [6.07, 6.45) is 1.25. The molecule has 0 radical (unpaired) electrons. The van der Waals surface area contributed by atoms with E-state index in [2.05, 4.69) is 6.92 Å². The van der Waals surface area contributed by atoms with E-state index < -0.39 is 6.10 Å². The first-order chi connectivity index (χ1) is 7.02. The molecule has 1 unspecified atom stereocenters. The molecule has 2 rings (SSSR count). The minimum Gasteiger partial charge on any atom is -0.388 e. The Morgan fingerprint density at radius 2 is 2.00 bits per heavy atom. The molecule has 1 N–H and O–H groups in total. The summed E-state index contributed by atoms with van der Waals surface area (Å²) in [7, 11) is 0. The van der Waals surface area contributed by atoms with Gasteiger partial charge in [-0.15, -0.1) is 0 Å². The van der Waals surface area contributed by atoms with Gasteiger partial charge in [-0.1, -0.05) is 13.0 Å². The maximum atomic E-state index is 13.7. The van der Waals surface area contributed by atoms with Crippen molar-refractivity contribution in [3.05, 3.63) is 34.1 Å². The van der Waals surface area contributed by atoms with Crippen molar-refractivity contribution in [2.75, 3.05) is 0 Å². The van der Waals surface area contributed by atoms with Gasteiger partial charge in [0.25, 0.3) is 0 Å². The van der Waals surface area contributed by atoms with Crippen molar-refractivity contribution in [2.45, 2.75) is 45.6 Å². The molecule has 0 saturated heterocycles. The van der Waals surface area contributed by atoms with Crippen LogP contribution in [0.15, 0.2) is 6.07 Å². The van der Waals surface area contributed by atoms with E-state index in [0.717, 1.165) is 24.0 Å². The number of aryl methyl sites for hydroxylation is 1. The van der Waals surface area contributed by atoms with Crippen molar-refractivity contribution in [2.24, 2.45) is 0 Å². The number of hydrogen-bond acceptors (Lipinski definition) is 1. The van der Waals surface area contributed by atoms with Gasteiger partial charge in [0.05, 0.1) is 6.10 Å². The highest BCUT2D eigenvalue weighted by atomic mass is 19.1. The van der Waals surface area contributed by atoms with E-state index in [-0.39, 0.29) is 5.82 Å². The zero-order valence-corrected chi connectivity index (χ0v) is 9.47. The van der Waals surface area contributed by atoms with E-state index in [0.29, 0.717) is 17.0 Å². The van der Waals surface area contributed by atoms with E-state index in [9.17, 15) is 9.50 Å². The van der Waals surface area contributed by atoms with Crippen molar-refractivity contribution in [1.29, 1.82) is 0 Å². The lowest BCUT2D eigenvalue weighted by molar-refractivity contribution is 0.150. The molecule has 0 aliphatic heterocycles. The Hall–Kier alpha value is -0.890. The van der Waals surface area contributed by atoms with Crippen LogP contribution >= 0.6 is 0 Å². The van der Waals surface area contributed by atoms with Gasteiger partial charge in [-0.25, -0.2) is 4.39 Å². The third kappa shape index (κ3) is 1.57. The maximum Gasteiger partial charge on any atom is 0.129 e. The van der Waals surface area contributed by atoms with Crippen LogP contribution in [0.1, 0.15) is 54.0 Å². The predicted octanol–water partition coefficient (Wildman–Crippen LogP) is 3.37. The summed E-state index contributed by atoms with van der Waals surface area (Å²) in [6.45, 7) is 5.69. The molecule has 0 fully saturated rings. The Morgan fingerprint density at radius 1 is 1.33 bits per heavy atom. The van der Waals surface area contributed by atoms with Crippen molar-refractivity contribution in [3.8, 4) is 0 Å². The fourth-order valence-corrected chi connectivity index (χ4v) is 2.56. The first kappa shape index (κ1) is 10.6. The second-order valence-electron chi connectivity index (χ2n) is 4.63. The fourth-order valence-electron chi connectivity index (χ4n) is 2.56. The van der Waals surface area contributed by atoms with Crippen LogP contribution < -0.4 is 0 Å². The molecule has 0 spiro atoms. The quantitative estimate of drug-likeness (QED) is 0.693. The summed E-state index contributed by atoms with van der Waals surface area (Å²) in [6, 6.07) is 1.89. The number of benzene rings is 1. The summed E-state index contributed by atoms with van der Waals surface area (Å²) >= 11 is 0. The van der Waals surface area contributed by atoms with Crippen LogP contribution in [0.5, 0.6) is 0 Å². The third-order valence-electron chi connectivity index (χ3n) is 3.50. The summed E-state index contributed by atoms with van der Waals surface area (Å²) in [5.41, 5.74) is 3.28. The molecular formula is C13H17FO. The van der Waals surface area contributed by atoms with E-state index in [1.165, 1.54) is 0 Å². The Labute approximate surface area is 89.9 Å². The highest BCUT2D eigenvalue weighted by Crippen LogP contribution is 2.40. The minimum atomic E-state index is -0.480. The van der Waals surface area contributed by atoms with Crippen LogP contribution in [-0.2, 0) is 0 Å². The molecule has 1 aromatic rings. The van der Waals surface area contributed by atoms with Crippen molar-refractivity contribution in [1.82, 2.24) is 0 Å².